The van der Waals surface area contributed by atoms with Crippen LogP contribution in [0.5, 0.6) is 11.6 Å². The van der Waals surface area contributed by atoms with Crippen LogP contribution in [0.1, 0.15) is 40.9 Å². The fourth-order valence-corrected chi connectivity index (χ4v) is 4.24. The number of hydrogen-bond acceptors (Lipinski definition) is 6. The number of nitrogens with zero attached hydrogens (tertiary/aromatic N) is 5. The van der Waals surface area contributed by atoms with Crippen LogP contribution in [0.15, 0.2) is 42.6 Å². The molecule has 1 fully saturated rings. The summed E-state index contributed by atoms with van der Waals surface area (Å²) in [6, 6.07) is 10.6. The lowest BCUT2D eigenvalue weighted by Crippen LogP contribution is -2.39. The molecule has 1 saturated heterocycles. The van der Waals surface area contributed by atoms with E-state index in [1.165, 1.54) is 29.7 Å². The average molecular weight is 489 g/mol. The van der Waals surface area contributed by atoms with Crippen LogP contribution in [-0.4, -0.2) is 58.1 Å². The quantitative estimate of drug-likeness (QED) is 0.495. The third-order valence-corrected chi connectivity index (χ3v) is 6.22. The number of rotatable bonds is 7. The summed E-state index contributed by atoms with van der Waals surface area (Å²) < 4.78 is 52.5. The van der Waals surface area contributed by atoms with Gasteiger partial charge in [-0.25, -0.2) is 4.68 Å². The molecule has 35 heavy (non-hydrogen) atoms. The van der Waals surface area contributed by atoms with Crippen LogP contribution in [0.4, 0.5) is 13.2 Å². The van der Waals surface area contributed by atoms with Gasteiger partial charge in [0.2, 0.25) is 5.88 Å². The molecule has 0 unspecified atom stereocenters. The fraction of sp³-hybridized carbons (Fsp3) is 0.417. The summed E-state index contributed by atoms with van der Waals surface area (Å²) in [6.45, 7) is 0.799. The van der Waals surface area contributed by atoms with E-state index in [1.54, 1.807) is 7.11 Å². The van der Waals surface area contributed by atoms with Crippen LogP contribution >= 0.6 is 0 Å². The predicted molar refractivity (Wildman–Crippen MR) is 121 cm³/mol. The van der Waals surface area contributed by atoms with Crippen LogP contribution in [-0.2, 0) is 12.6 Å². The summed E-state index contributed by atoms with van der Waals surface area (Å²) in [4.78, 5) is 14.5. The van der Waals surface area contributed by atoms with E-state index in [4.69, 9.17) is 9.47 Å². The molecule has 2 aromatic heterocycles. The first-order valence-corrected chi connectivity index (χ1v) is 11.3. The molecule has 0 bridgehead atoms. The molecule has 1 amide bonds. The number of likely N-dealkylation sites (tertiary alicyclic amines) is 1. The van der Waals surface area contributed by atoms with Crippen molar-refractivity contribution in [3.8, 4) is 17.4 Å². The van der Waals surface area contributed by atoms with Gasteiger partial charge in [0.1, 0.15) is 5.75 Å². The average Bonchev–Trinajstić information content (AvgIpc) is 3.34. The van der Waals surface area contributed by atoms with E-state index in [0.29, 0.717) is 23.7 Å². The van der Waals surface area contributed by atoms with Gasteiger partial charge in [0.15, 0.2) is 11.5 Å². The van der Waals surface area contributed by atoms with Gasteiger partial charge in [-0.3, -0.25) is 4.79 Å². The number of ether oxygens (including phenoxy) is 2. The lowest BCUT2D eigenvalue weighted by Gasteiger charge is -2.32. The molecule has 0 radical (unpaired) electrons. The van der Waals surface area contributed by atoms with Gasteiger partial charge in [0, 0.05) is 19.2 Å². The Morgan fingerprint density at radius 3 is 2.31 bits per heavy atom. The lowest BCUT2D eigenvalue weighted by molar-refractivity contribution is -0.143. The molecule has 3 aromatic rings. The standard InChI is InChI=1S/C24H26F3N5O3/c1-34-18-7-5-16(6-8-18)3-4-17-11-13-31(14-12-17)23(33)19-15-28-32(22(19)24(25,26)27)20-9-10-21(35-2)30-29-20/h5-10,15,17H,3-4,11-14H2,1-2H3. The summed E-state index contributed by atoms with van der Waals surface area (Å²) in [5, 5.41) is 11.2. The molecule has 11 heteroatoms. The summed E-state index contributed by atoms with van der Waals surface area (Å²) in [6.07, 6.45) is -0.526. The maximum atomic E-state index is 14.0. The maximum Gasteiger partial charge on any atom is 0.434 e. The van der Waals surface area contributed by atoms with E-state index in [1.807, 2.05) is 24.3 Å². The van der Waals surface area contributed by atoms with Gasteiger partial charge in [-0.15, -0.1) is 10.2 Å². The van der Waals surface area contributed by atoms with Crippen molar-refractivity contribution >= 4 is 5.91 Å². The molecule has 0 spiro atoms. The van der Waals surface area contributed by atoms with E-state index in [0.717, 1.165) is 37.6 Å². The van der Waals surface area contributed by atoms with Gasteiger partial charge >= 0.3 is 6.18 Å². The van der Waals surface area contributed by atoms with Crippen molar-refractivity contribution in [2.45, 2.75) is 31.9 Å². The zero-order valence-electron chi connectivity index (χ0n) is 19.5. The van der Waals surface area contributed by atoms with Crippen LogP contribution in [0.3, 0.4) is 0 Å². The molecule has 1 aliphatic heterocycles. The molecule has 1 aromatic carbocycles. The van der Waals surface area contributed by atoms with Crippen molar-refractivity contribution in [1.82, 2.24) is 24.9 Å². The van der Waals surface area contributed by atoms with Crippen molar-refractivity contribution in [2.24, 2.45) is 5.92 Å². The lowest BCUT2D eigenvalue weighted by atomic mass is 9.90. The number of aromatic nitrogens is 4. The largest absolute Gasteiger partial charge is 0.497 e. The van der Waals surface area contributed by atoms with Crippen LogP contribution in [0.25, 0.3) is 5.82 Å². The minimum atomic E-state index is -4.81. The molecule has 186 valence electrons. The Morgan fingerprint density at radius 1 is 1.03 bits per heavy atom. The zero-order chi connectivity index (χ0) is 25.0. The second-order valence-electron chi connectivity index (χ2n) is 8.37. The Morgan fingerprint density at radius 2 is 1.74 bits per heavy atom. The molecule has 1 aliphatic rings. The summed E-state index contributed by atoms with van der Waals surface area (Å²) >= 11 is 0. The molecule has 0 saturated carbocycles. The van der Waals surface area contributed by atoms with Gasteiger partial charge in [0.05, 0.1) is 26.0 Å². The SMILES string of the molecule is COc1ccc(CCC2CCN(C(=O)c3cnn(-c4ccc(OC)nn4)c3C(F)(F)F)CC2)cc1. The number of methoxy groups -OCH3 is 2. The smallest absolute Gasteiger partial charge is 0.434 e. The van der Waals surface area contributed by atoms with Gasteiger partial charge < -0.3 is 14.4 Å². The highest BCUT2D eigenvalue weighted by Gasteiger charge is 2.42. The number of amides is 1. The van der Waals surface area contributed by atoms with Crippen molar-refractivity contribution in [3.05, 3.63) is 59.4 Å². The van der Waals surface area contributed by atoms with E-state index in [-0.39, 0.29) is 11.7 Å². The van der Waals surface area contributed by atoms with Crippen LogP contribution in [0, 0.1) is 5.92 Å². The number of halogens is 3. The number of piperidine rings is 1. The molecule has 8 nitrogen and oxygen atoms in total. The van der Waals surface area contributed by atoms with Crippen molar-refractivity contribution in [2.75, 3.05) is 27.3 Å². The highest BCUT2D eigenvalue weighted by atomic mass is 19.4. The minimum Gasteiger partial charge on any atom is -0.497 e. The Balaban J connectivity index is 1.42. The van der Waals surface area contributed by atoms with Crippen molar-refractivity contribution in [1.29, 1.82) is 0 Å². The number of carbonyl (C=O) groups excluding carboxylic acids is 1. The van der Waals surface area contributed by atoms with E-state index >= 15 is 0 Å². The molecular formula is C24H26F3N5O3. The van der Waals surface area contributed by atoms with E-state index < -0.39 is 23.3 Å². The predicted octanol–water partition coefficient (Wildman–Crippen LogP) is 4.18. The third-order valence-electron chi connectivity index (χ3n) is 6.22. The molecular weight excluding hydrogens is 463 g/mol. The number of aryl methyl sites for hydroxylation is 1. The summed E-state index contributed by atoms with van der Waals surface area (Å²) in [5.74, 6) is 0.524. The zero-order valence-corrected chi connectivity index (χ0v) is 19.5. The highest BCUT2D eigenvalue weighted by molar-refractivity contribution is 5.95. The number of benzene rings is 1. The molecule has 0 aliphatic carbocycles. The molecule has 3 heterocycles. The topological polar surface area (TPSA) is 82.4 Å². The Bertz CT molecular complexity index is 1140. The highest BCUT2D eigenvalue weighted by Crippen LogP contribution is 2.34. The monoisotopic (exact) mass is 489 g/mol. The first-order chi connectivity index (χ1) is 16.8. The second-order valence-corrected chi connectivity index (χ2v) is 8.37. The number of alkyl halides is 3. The normalized spacial score (nSPS) is 14.7. The Hall–Kier alpha value is -3.63. The number of carbonyl (C=O) groups is 1. The van der Waals surface area contributed by atoms with Crippen molar-refractivity contribution < 1.29 is 27.4 Å². The molecule has 4 rings (SSSR count). The number of hydrogen-bond donors (Lipinski definition) is 0. The summed E-state index contributed by atoms with van der Waals surface area (Å²) in [7, 11) is 3.00. The van der Waals surface area contributed by atoms with Crippen molar-refractivity contribution in [3.63, 3.8) is 0 Å². The van der Waals surface area contributed by atoms with E-state index in [2.05, 4.69) is 15.3 Å². The second kappa shape index (κ2) is 10.3. The van der Waals surface area contributed by atoms with Crippen LogP contribution < -0.4 is 9.47 Å². The molecule has 0 atom stereocenters. The molecule has 0 N–H and O–H groups in total. The fourth-order valence-electron chi connectivity index (χ4n) is 4.24. The van der Waals surface area contributed by atoms with Gasteiger partial charge in [-0.1, -0.05) is 12.1 Å². The first kappa shape index (κ1) is 24.5. The third kappa shape index (κ3) is 5.55. The van der Waals surface area contributed by atoms with E-state index in [9.17, 15) is 18.0 Å². The van der Waals surface area contributed by atoms with Gasteiger partial charge in [-0.05, 0) is 55.4 Å². The van der Waals surface area contributed by atoms with Gasteiger partial charge in [-0.2, -0.15) is 18.3 Å². The Kier molecular flexibility index (Phi) is 7.23. The maximum absolute atomic E-state index is 14.0. The minimum absolute atomic E-state index is 0.153. The van der Waals surface area contributed by atoms with Gasteiger partial charge in [0.25, 0.3) is 5.91 Å². The Labute approximate surface area is 200 Å². The summed E-state index contributed by atoms with van der Waals surface area (Å²) in [5.41, 5.74) is -0.455. The van der Waals surface area contributed by atoms with Crippen LogP contribution in [0.2, 0.25) is 0 Å². The first-order valence-electron chi connectivity index (χ1n) is 11.3.